The van der Waals surface area contributed by atoms with Crippen LogP contribution in [0.4, 0.5) is 5.69 Å². The van der Waals surface area contributed by atoms with Crippen molar-refractivity contribution in [2.75, 3.05) is 5.32 Å². The monoisotopic (exact) mass is 230 g/mol. The molecule has 0 bridgehead atoms. The molecule has 0 radical (unpaired) electrons. The lowest BCUT2D eigenvalue weighted by atomic mass is 10.3. The van der Waals surface area contributed by atoms with E-state index in [0.717, 1.165) is 25.2 Å². The molecule has 3 heteroatoms. The predicted molar refractivity (Wildman–Crippen MR) is 70.2 cm³/mol. The quantitative estimate of drug-likeness (QED) is 0.774. The van der Waals surface area contributed by atoms with Gasteiger partial charge < -0.3 is 15.0 Å². The van der Waals surface area contributed by atoms with Gasteiger partial charge in [0.05, 0.1) is 0 Å². The highest BCUT2D eigenvalue weighted by Crippen LogP contribution is 2.14. The molecule has 0 saturated carbocycles. The smallest absolute Gasteiger partial charge is 0.115 e. The molecule has 0 aliphatic heterocycles. The van der Waals surface area contributed by atoms with Gasteiger partial charge in [0.2, 0.25) is 0 Å². The van der Waals surface area contributed by atoms with Crippen LogP contribution in [0.1, 0.15) is 18.9 Å². The Morgan fingerprint density at radius 2 is 1.94 bits per heavy atom. The molecule has 2 N–H and O–H groups in total. The molecule has 2 rings (SSSR count). The van der Waals surface area contributed by atoms with Crippen molar-refractivity contribution in [2.24, 2.45) is 0 Å². The third kappa shape index (κ3) is 3.28. The van der Waals surface area contributed by atoms with Gasteiger partial charge in [-0.05, 0) is 42.3 Å². The standard InChI is InChI=1S/C14H18N2O/c1-2-8-16-9-7-12(11-16)10-15-13-3-5-14(17)6-4-13/h3-7,9,11,15,17H,2,8,10H2,1H3. The number of nitrogens with one attached hydrogen (secondary N) is 1. The maximum Gasteiger partial charge on any atom is 0.115 e. The number of benzene rings is 1. The summed E-state index contributed by atoms with van der Waals surface area (Å²) in [4.78, 5) is 0. The molecule has 0 aliphatic carbocycles. The largest absolute Gasteiger partial charge is 0.508 e. The predicted octanol–water partition coefficient (Wildman–Crippen LogP) is 3.22. The van der Waals surface area contributed by atoms with Gasteiger partial charge in [-0.2, -0.15) is 0 Å². The molecule has 1 aromatic carbocycles. The minimum atomic E-state index is 0.296. The fourth-order valence-corrected chi connectivity index (χ4v) is 1.78. The molecule has 17 heavy (non-hydrogen) atoms. The number of hydrogen-bond acceptors (Lipinski definition) is 2. The van der Waals surface area contributed by atoms with Crippen molar-refractivity contribution in [2.45, 2.75) is 26.4 Å². The normalized spacial score (nSPS) is 10.4. The Bertz CT molecular complexity index is 459. The molecule has 0 saturated heterocycles. The third-order valence-corrected chi connectivity index (χ3v) is 2.66. The van der Waals surface area contributed by atoms with Crippen LogP contribution >= 0.6 is 0 Å². The van der Waals surface area contributed by atoms with Crippen LogP contribution in [0, 0.1) is 0 Å². The van der Waals surface area contributed by atoms with Gasteiger partial charge in [-0.1, -0.05) is 6.92 Å². The lowest BCUT2D eigenvalue weighted by molar-refractivity contribution is 0.475. The van der Waals surface area contributed by atoms with E-state index in [9.17, 15) is 5.11 Å². The van der Waals surface area contributed by atoms with Gasteiger partial charge in [0.1, 0.15) is 5.75 Å². The molecule has 0 spiro atoms. The van der Waals surface area contributed by atoms with E-state index in [2.05, 4.69) is 35.3 Å². The average molecular weight is 230 g/mol. The third-order valence-electron chi connectivity index (χ3n) is 2.66. The zero-order valence-electron chi connectivity index (χ0n) is 10.1. The van der Waals surface area contributed by atoms with E-state index < -0.39 is 0 Å². The highest BCUT2D eigenvalue weighted by Gasteiger charge is 1.97. The molecular weight excluding hydrogens is 212 g/mol. The lowest BCUT2D eigenvalue weighted by Gasteiger charge is -2.04. The van der Waals surface area contributed by atoms with Gasteiger partial charge in [-0.25, -0.2) is 0 Å². The zero-order chi connectivity index (χ0) is 12.1. The second-order valence-electron chi connectivity index (χ2n) is 4.16. The second-order valence-corrected chi connectivity index (χ2v) is 4.16. The first-order valence-corrected chi connectivity index (χ1v) is 5.95. The topological polar surface area (TPSA) is 37.2 Å². The lowest BCUT2D eigenvalue weighted by Crippen LogP contribution is -1.98. The van der Waals surface area contributed by atoms with Crippen LogP contribution in [0.15, 0.2) is 42.7 Å². The van der Waals surface area contributed by atoms with Crippen LogP contribution in [0.2, 0.25) is 0 Å². The Balaban J connectivity index is 1.90. The number of phenols is 1. The van der Waals surface area contributed by atoms with Crippen molar-refractivity contribution in [3.05, 3.63) is 48.3 Å². The summed E-state index contributed by atoms with van der Waals surface area (Å²) in [5, 5.41) is 12.5. The summed E-state index contributed by atoms with van der Waals surface area (Å²) < 4.78 is 2.20. The fourth-order valence-electron chi connectivity index (χ4n) is 1.78. The number of aromatic hydroxyl groups is 1. The van der Waals surface area contributed by atoms with E-state index in [-0.39, 0.29) is 0 Å². The number of rotatable bonds is 5. The molecule has 0 atom stereocenters. The van der Waals surface area contributed by atoms with E-state index >= 15 is 0 Å². The summed E-state index contributed by atoms with van der Waals surface area (Å²) in [7, 11) is 0. The summed E-state index contributed by atoms with van der Waals surface area (Å²) in [6.07, 6.45) is 5.42. The minimum absolute atomic E-state index is 0.296. The van der Waals surface area contributed by atoms with E-state index in [0.29, 0.717) is 5.75 Å². The van der Waals surface area contributed by atoms with Gasteiger partial charge in [0.15, 0.2) is 0 Å². The maximum absolute atomic E-state index is 9.17. The summed E-state index contributed by atoms with van der Waals surface area (Å²) in [5.41, 5.74) is 2.29. The fraction of sp³-hybridized carbons (Fsp3) is 0.286. The first kappa shape index (κ1) is 11.6. The number of anilines is 1. The van der Waals surface area contributed by atoms with Gasteiger partial charge in [-0.15, -0.1) is 0 Å². The molecule has 0 aliphatic rings. The minimum Gasteiger partial charge on any atom is -0.508 e. The van der Waals surface area contributed by atoms with Crippen molar-refractivity contribution in [3.8, 4) is 5.75 Å². The molecule has 2 aromatic rings. The van der Waals surface area contributed by atoms with Gasteiger partial charge >= 0.3 is 0 Å². The van der Waals surface area contributed by atoms with Crippen molar-refractivity contribution < 1.29 is 5.11 Å². The van der Waals surface area contributed by atoms with E-state index in [1.54, 1.807) is 12.1 Å². The Morgan fingerprint density at radius 3 is 2.65 bits per heavy atom. The summed E-state index contributed by atoms with van der Waals surface area (Å²) in [6, 6.07) is 9.25. The number of aryl methyl sites for hydroxylation is 1. The highest BCUT2D eigenvalue weighted by molar-refractivity contribution is 5.46. The number of aromatic nitrogens is 1. The van der Waals surface area contributed by atoms with Crippen LogP contribution in [-0.2, 0) is 13.1 Å². The molecular formula is C14H18N2O. The Hall–Kier alpha value is -1.90. The van der Waals surface area contributed by atoms with Gasteiger partial charge in [0.25, 0.3) is 0 Å². The van der Waals surface area contributed by atoms with Crippen LogP contribution in [0.25, 0.3) is 0 Å². The molecule has 0 amide bonds. The Kier molecular flexibility index (Phi) is 3.70. The highest BCUT2D eigenvalue weighted by atomic mass is 16.3. The molecule has 1 heterocycles. The zero-order valence-corrected chi connectivity index (χ0v) is 10.1. The molecule has 1 aromatic heterocycles. The van der Waals surface area contributed by atoms with Crippen molar-refractivity contribution >= 4 is 5.69 Å². The second kappa shape index (κ2) is 5.43. The molecule has 0 unspecified atom stereocenters. The first-order valence-electron chi connectivity index (χ1n) is 5.95. The molecule has 3 nitrogen and oxygen atoms in total. The van der Waals surface area contributed by atoms with Crippen molar-refractivity contribution in [3.63, 3.8) is 0 Å². The number of nitrogens with zero attached hydrogens (tertiary/aromatic N) is 1. The van der Waals surface area contributed by atoms with E-state index in [1.807, 2.05) is 12.1 Å². The summed E-state index contributed by atoms with van der Waals surface area (Å²) >= 11 is 0. The summed E-state index contributed by atoms with van der Waals surface area (Å²) in [6.45, 7) is 4.05. The van der Waals surface area contributed by atoms with E-state index in [4.69, 9.17) is 0 Å². The van der Waals surface area contributed by atoms with Gasteiger partial charge in [0, 0.05) is 31.2 Å². The Labute approximate surface area is 102 Å². The van der Waals surface area contributed by atoms with Crippen molar-refractivity contribution in [1.29, 1.82) is 0 Å². The number of phenolic OH excluding ortho intramolecular Hbond substituents is 1. The van der Waals surface area contributed by atoms with Gasteiger partial charge in [-0.3, -0.25) is 0 Å². The first-order chi connectivity index (χ1) is 8.28. The summed E-state index contributed by atoms with van der Waals surface area (Å²) in [5.74, 6) is 0.296. The molecule has 90 valence electrons. The van der Waals surface area contributed by atoms with E-state index in [1.165, 1.54) is 5.56 Å². The van der Waals surface area contributed by atoms with Crippen LogP contribution in [0.5, 0.6) is 5.75 Å². The SMILES string of the molecule is CCCn1ccc(CNc2ccc(O)cc2)c1. The number of hydrogen-bond donors (Lipinski definition) is 2. The average Bonchev–Trinajstić information content (AvgIpc) is 2.77. The Morgan fingerprint density at radius 1 is 1.18 bits per heavy atom. The van der Waals surface area contributed by atoms with Crippen LogP contribution < -0.4 is 5.32 Å². The van der Waals surface area contributed by atoms with Crippen molar-refractivity contribution in [1.82, 2.24) is 4.57 Å². The van der Waals surface area contributed by atoms with Crippen LogP contribution in [-0.4, -0.2) is 9.67 Å². The molecule has 0 fully saturated rings. The maximum atomic E-state index is 9.17. The van der Waals surface area contributed by atoms with Crippen LogP contribution in [0.3, 0.4) is 0 Å².